The Balaban J connectivity index is 0.000000730. The molecule has 0 saturated carbocycles. The molecule has 0 spiro atoms. The van der Waals surface area contributed by atoms with E-state index >= 15 is 0 Å². The molecular weight excluding hydrogens is 328 g/mol. The number of anilines is 1. The van der Waals surface area contributed by atoms with Crippen molar-refractivity contribution in [1.29, 1.82) is 0 Å². The number of nitrogens with two attached hydrogens (primary N) is 1. The number of fused-ring (bicyclic) bond motifs is 1. The van der Waals surface area contributed by atoms with Gasteiger partial charge in [0.2, 0.25) is 5.65 Å². The van der Waals surface area contributed by atoms with E-state index in [0.717, 1.165) is 11.8 Å². The first-order valence-electron chi connectivity index (χ1n) is 8.16. The molecule has 6 nitrogen and oxygen atoms in total. The molecule has 25 heavy (non-hydrogen) atoms. The second kappa shape index (κ2) is 9.61. The van der Waals surface area contributed by atoms with Gasteiger partial charge in [-0.25, -0.2) is 18.4 Å². The van der Waals surface area contributed by atoms with E-state index in [1.54, 1.807) is 13.0 Å². The average molecular weight is 351 g/mol. The van der Waals surface area contributed by atoms with Crippen molar-refractivity contribution < 1.29 is 13.4 Å². The van der Waals surface area contributed by atoms with Crippen LogP contribution >= 0.6 is 0 Å². The van der Waals surface area contributed by atoms with Crippen LogP contribution in [0.4, 0.5) is 14.5 Å². The van der Waals surface area contributed by atoms with Crippen LogP contribution in [0.2, 0.25) is 0 Å². The SMILES string of the molecule is CC.CC.Cc1nc2nonc2c(N)c1Cc1ccc(C(F)F)cn1. The van der Waals surface area contributed by atoms with Crippen molar-refractivity contribution >= 4 is 16.9 Å². The fourth-order valence-corrected chi connectivity index (χ4v) is 2.06. The van der Waals surface area contributed by atoms with Gasteiger partial charge in [0.05, 0.1) is 5.69 Å². The maximum Gasteiger partial charge on any atom is 0.265 e. The molecule has 0 aromatic carbocycles. The van der Waals surface area contributed by atoms with E-state index in [-0.39, 0.29) is 5.56 Å². The summed E-state index contributed by atoms with van der Waals surface area (Å²) in [7, 11) is 0. The minimum Gasteiger partial charge on any atom is -0.396 e. The number of nitrogens with zero attached hydrogens (tertiary/aromatic N) is 4. The molecule has 0 aliphatic heterocycles. The van der Waals surface area contributed by atoms with Gasteiger partial charge in [-0.2, -0.15) is 0 Å². The highest BCUT2D eigenvalue weighted by Gasteiger charge is 2.15. The molecule has 8 heteroatoms. The molecule has 3 rings (SSSR count). The molecule has 0 radical (unpaired) electrons. The number of rotatable bonds is 3. The molecule has 3 aromatic rings. The lowest BCUT2D eigenvalue weighted by Gasteiger charge is -2.08. The van der Waals surface area contributed by atoms with E-state index in [1.165, 1.54) is 6.07 Å². The highest BCUT2D eigenvalue weighted by molar-refractivity contribution is 5.85. The normalized spacial score (nSPS) is 10.1. The van der Waals surface area contributed by atoms with Crippen molar-refractivity contribution in [3.8, 4) is 0 Å². The Morgan fingerprint density at radius 3 is 2.36 bits per heavy atom. The van der Waals surface area contributed by atoms with Gasteiger partial charge in [0, 0.05) is 35.1 Å². The van der Waals surface area contributed by atoms with Crippen molar-refractivity contribution in [2.75, 3.05) is 5.73 Å². The van der Waals surface area contributed by atoms with Gasteiger partial charge in [-0.3, -0.25) is 4.98 Å². The smallest absolute Gasteiger partial charge is 0.265 e. The highest BCUT2D eigenvalue weighted by atomic mass is 19.3. The number of hydrogen-bond acceptors (Lipinski definition) is 6. The molecule has 0 unspecified atom stereocenters. The van der Waals surface area contributed by atoms with Crippen molar-refractivity contribution in [3.63, 3.8) is 0 Å². The summed E-state index contributed by atoms with van der Waals surface area (Å²) >= 11 is 0. The fourth-order valence-electron chi connectivity index (χ4n) is 2.06. The van der Waals surface area contributed by atoms with E-state index < -0.39 is 6.43 Å². The van der Waals surface area contributed by atoms with Crippen LogP contribution in [0.25, 0.3) is 11.2 Å². The van der Waals surface area contributed by atoms with E-state index in [0.29, 0.717) is 34.7 Å². The van der Waals surface area contributed by atoms with Crippen LogP contribution in [0.3, 0.4) is 0 Å². The lowest BCUT2D eigenvalue weighted by molar-refractivity contribution is 0.151. The third-order valence-electron chi connectivity index (χ3n) is 3.22. The number of halogens is 2. The molecule has 0 aliphatic carbocycles. The third kappa shape index (κ3) is 4.68. The van der Waals surface area contributed by atoms with Crippen molar-refractivity contribution in [2.45, 2.75) is 47.5 Å². The Morgan fingerprint density at radius 1 is 1.12 bits per heavy atom. The average Bonchev–Trinajstić information content (AvgIpc) is 3.11. The van der Waals surface area contributed by atoms with Gasteiger partial charge < -0.3 is 5.73 Å². The minimum atomic E-state index is -2.53. The monoisotopic (exact) mass is 351 g/mol. The molecule has 2 N–H and O–H groups in total. The number of alkyl halides is 2. The molecule has 0 saturated heterocycles. The molecule has 136 valence electrons. The van der Waals surface area contributed by atoms with Crippen LogP contribution in [0, 0.1) is 6.92 Å². The summed E-state index contributed by atoms with van der Waals surface area (Å²) in [6.07, 6.45) is -0.996. The van der Waals surface area contributed by atoms with Crippen LogP contribution < -0.4 is 5.73 Å². The van der Waals surface area contributed by atoms with Gasteiger partial charge in [0.25, 0.3) is 6.43 Å². The number of aromatic nitrogens is 4. The standard InChI is InChI=1S/C13H11F2N5O.2C2H6/c1-6-9(10(16)11-13(18-6)20-21-19-11)4-8-3-2-7(5-17-8)12(14)15;2*1-2/h2-3,5,12H,4,16H2,1H3;2*1-2H3. The van der Waals surface area contributed by atoms with Gasteiger partial charge in [-0.1, -0.05) is 27.7 Å². The third-order valence-corrected chi connectivity index (χ3v) is 3.22. The Kier molecular flexibility index (Phi) is 7.84. The topological polar surface area (TPSA) is 90.7 Å². The Labute approximate surface area is 145 Å². The summed E-state index contributed by atoms with van der Waals surface area (Å²) in [5.74, 6) is 0. The zero-order chi connectivity index (χ0) is 19.0. The second-order valence-corrected chi connectivity index (χ2v) is 4.59. The maximum atomic E-state index is 12.5. The lowest BCUT2D eigenvalue weighted by atomic mass is 10.0. The quantitative estimate of drug-likeness (QED) is 0.748. The lowest BCUT2D eigenvalue weighted by Crippen LogP contribution is -2.04. The number of pyridine rings is 2. The highest BCUT2D eigenvalue weighted by Crippen LogP contribution is 2.25. The molecule has 0 bridgehead atoms. The summed E-state index contributed by atoms with van der Waals surface area (Å²) in [6.45, 7) is 9.79. The zero-order valence-electron chi connectivity index (χ0n) is 15.0. The number of nitrogen functional groups attached to an aromatic ring is 1. The minimum absolute atomic E-state index is 0.113. The summed E-state index contributed by atoms with van der Waals surface area (Å²) in [4.78, 5) is 8.27. The van der Waals surface area contributed by atoms with E-state index in [1.807, 2.05) is 27.7 Å². The van der Waals surface area contributed by atoms with Crippen molar-refractivity contribution in [2.24, 2.45) is 0 Å². The molecular formula is C17H23F2N5O. The summed E-state index contributed by atoms with van der Waals surface area (Å²) < 4.78 is 29.6. The first-order chi connectivity index (χ1) is 12.1. The molecule has 0 fully saturated rings. The summed E-state index contributed by atoms with van der Waals surface area (Å²) in [5, 5.41) is 7.35. The molecule has 0 amide bonds. The largest absolute Gasteiger partial charge is 0.396 e. The Morgan fingerprint density at radius 2 is 1.80 bits per heavy atom. The molecule has 0 aliphatic rings. The number of aryl methyl sites for hydroxylation is 1. The zero-order valence-corrected chi connectivity index (χ0v) is 15.0. The maximum absolute atomic E-state index is 12.5. The second-order valence-electron chi connectivity index (χ2n) is 4.59. The van der Waals surface area contributed by atoms with E-state index in [4.69, 9.17) is 5.73 Å². The Hall–Kier alpha value is -2.64. The van der Waals surface area contributed by atoms with Gasteiger partial charge >= 0.3 is 0 Å². The van der Waals surface area contributed by atoms with Crippen LogP contribution in [-0.2, 0) is 6.42 Å². The first kappa shape index (κ1) is 20.4. The predicted octanol–water partition coefficient (Wildman–Crippen LogP) is 4.48. The van der Waals surface area contributed by atoms with Gasteiger partial charge in [0.1, 0.15) is 0 Å². The molecule has 3 aromatic heterocycles. The molecule has 0 atom stereocenters. The van der Waals surface area contributed by atoms with Crippen LogP contribution in [-0.4, -0.2) is 20.3 Å². The van der Waals surface area contributed by atoms with Crippen LogP contribution in [0.15, 0.2) is 23.0 Å². The fraction of sp³-hybridized carbons (Fsp3) is 0.412. The first-order valence-corrected chi connectivity index (χ1v) is 8.16. The summed E-state index contributed by atoms with van der Waals surface area (Å²) in [5.41, 5.74) is 9.10. The van der Waals surface area contributed by atoms with Crippen LogP contribution in [0.5, 0.6) is 0 Å². The number of hydrogen-bond donors (Lipinski definition) is 1. The molecule has 3 heterocycles. The Bertz CT molecular complexity index is 788. The van der Waals surface area contributed by atoms with E-state index in [2.05, 4.69) is 24.9 Å². The van der Waals surface area contributed by atoms with Crippen molar-refractivity contribution in [3.05, 3.63) is 40.8 Å². The van der Waals surface area contributed by atoms with Crippen molar-refractivity contribution in [1.82, 2.24) is 20.3 Å². The van der Waals surface area contributed by atoms with E-state index in [9.17, 15) is 8.78 Å². The van der Waals surface area contributed by atoms with Gasteiger partial charge in [-0.05, 0) is 29.4 Å². The van der Waals surface area contributed by atoms with Gasteiger partial charge in [-0.15, -0.1) is 0 Å². The van der Waals surface area contributed by atoms with Crippen LogP contribution in [0.1, 0.15) is 56.6 Å². The van der Waals surface area contributed by atoms with Gasteiger partial charge in [0.15, 0.2) is 5.52 Å². The predicted molar refractivity (Wildman–Crippen MR) is 93.4 cm³/mol. The summed E-state index contributed by atoms with van der Waals surface area (Å²) in [6, 6.07) is 2.90.